The van der Waals surface area contributed by atoms with Gasteiger partial charge in [-0.15, -0.1) is 0 Å². The highest BCUT2D eigenvalue weighted by Gasteiger charge is 2.13. The number of aryl methyl sites for hydroxylation is 1. The first-order valence-corrected chi connectivity index (χ1v) is 6.89. The Morgan fingerprint density at radius 2 is 1.95 bits per heavy atom. The van der Waals surface area contributed by atoms with Gasteiger partial charge < -0.3 is 9.88 Å². The number of nitrogens with zero attached hydrogens (tertiary/aromatic N) is 2. The highest BCUT2D eigenvalue weighted by atomic mass is 15.1. The van der Waals surface area contributed by atoms with Gasteiger partial charge in [0, 0.05) is 18.8 Å². The van der Waals surface area contributed by atoms with E-state index in [1.165, 1.54) is 16.8 Å². The van der Waals surface area contributed by atoms with Crippen LogP contribution in [0.1, 0.15) is 43.6 Å². The normalized spacial score (nSPS) is 12.9. The van der Waals surface area contributed by atoms with Gasteiger partial charge in [0.05, 0.1) is 18.1 Å². The summed E-state index contributed by atoms with van der Waals surface area (Å²) in [4.78, 5) is 4.30. The first kappa shape index (κ1) is 13.8. The van der Waals surface area contributed by atoms with Gasteiger partial charge >= 0.3 is 0 Å². The van der Waals surface area contributed by atoms with Gasteiger partial charge in [0.2, 0.25) is 0 Å². The fraction of sp³-hybridized carbons (Fsp3) is 0.438. The highest BCUT2D eigenvalue weighted by molar-refractivity contribution is 5.29. The molecule has 1 aromatic heterocycles. The van der Waals surface area contributed by atoms with Gasteiger partial charge in [0.1, 0.15) is 0 Å². The van der Waals surface area contributed by atoms with E-state index >= 15 is 0 Å². The van der Waals surface area contributed by atoms with Crippen LogP contribution in [0.4, 0.5) is 0 Å². The van der Waals surface area contributed by atoms with Crippen molar-refractivity contribution in [3.63, 3.8) is 0 Å². The SMILES string of the molecule is Cc1ccccc1C(C)n1cncc1CNC(C)C. The topological polar surface area (TPSA) is 29.9 Å². The Hall–Kier alpha value is -1.61. The van der Waals surface area contributed by atoms with E-state index in [9.17, 15) is 0 Å². The molecule has 2 aromatic rings. The lowest BCUT2D eigenvalue weighted by Crippen LogP contribution is -2.24. The molecule has 2 rings (SSSR count). The summed E-state index contributed by atoms with van der Waals surface area (Å²) in [6.45, 7) is 9.56. The van der Waals surface area contributed by atoms with Gasteiger partial charge in [-0.05, 0) is 25.0 Å². The summed E-state index contributed by atoms with van der Waals surface area (Å²) in [6, 6.07) is 9.33. The molecule has 0 radical (unpaired) electrons. The summed E-state index contributed by atoms with van der Waals surface area (Å²) >= 11 is 0. The van der Waals surface area contributed by atoms with Crippen LogP contribution in [0.3, 0.4) is 0 Å². The Morgan fingerprint density at radius 1 is 1.21 bits per heavy atom. The quantitative estimate of drug-likeness (QED) is 0.890. The number of hydrogen-bond acceptors (Lipinski definition) is 2. The fourth-order valence-electron chi connectivity index (χ4n) is 2.33. The van der Waals surface area contributed by atoms with E-state index in [4.69, 9.17) is 0 Å². The number of imidazole rings is 1. The number of rotatable bonds is 5. The summed E-state index contributed by atoms with van der Waals surface area (Å²) in [5.41, 5.74) is 3.90. The van der Waals surface area contributed by atoms with Crippen LogP contribution in [-0.2, 0) is 6.54 Å². The first-order chi connectivity index (χ1) is 9.09. The van der Waals surface area contributed by atoms with Crippen LogP contribution in [0, 0.1) is 6.92 Å². The number of benzene rings is 1. The molecule has 1 aromatic carbocycles. The Balaban J connectivity index is 2.22. The number of aromatic nitrogens is 2. The van der Waals surface area contributed by atoms with Crippen LogP contribution in [0.25, 0.3) is 0 Å². The molecule has 0 bridgehead atoms. The Labute approximate surface area is 115 Å². The zero-order valence-electron chi connectivity index (χ0n) is 12.2. The number of nitrogens with one attached hydrogen (secondary N) is 1. The molecule has 0 saturated heterocycles. The fourth-order valence-corrected chi connectivity index (χ4v) is 2.33. The summed E-state index contributed by atoms with van der Waals surface area (Å²) < 4.78 is 2.25. The van der Waals surface area contributed by atoms with Gasteiger partial charge in [-0.25, -0.2) is 4.98 Å². The molecule has 1 heterocycles. The van der Waals surface area contributed by atoms with E-state index in [-0.39, 0.29) is 0 Å². The van der Waals surface area contributed by atoms with Crippen molar-refractivity contribution in [3.8, 4) is 0 Å². The van der Waals surface area contributed by atoms with Crippen LogP contribution in [0.15, 0.2) is 36.8 Å². The second-order valence-electron chi connectivity index (χ2n) is 5.36. The average molecular weight is 257 g/mol. The van der Waals surface area contributed by atoms with Crippen molar-refractivity contribution in [2.75, 3.05) is 0 Å². The third-order valence-corrected chi connectivity index (χ3v) is 3.49. The molecule has 0 aliphatic carbocycles. The smallest absolute Gasteiger partial charge is 0.0954 e. The zero-order valence-corrected chi connectivity index (χ0v) is 12.2. The van der Waals surface area contributed by atoms with Crippen LogP contribution >= 0.6 is 0 Å². The lowest BCUT2D eigenvalue weighted by molar-refractivity contribution is 0.538. The Morgan fingerprint density at radius 3 is 2.63 bits per heavy atom. The maximum atomic E-state index is 4.30. The molecule has 0 aliphatic heterocycles. The van der Waals surface area contributed by atoms with E-state index in [1.807, 2.05) is 12.5 Å². The van der Waals surface area contributed by atoms with Crippen molar-refractivity contribution in [2.24, 2.45) is 0 Å². The zero-order chi connectivity index (χ0) is 13.8. The highest BCUT2D eigenvalue weighted by Crippen LogP contribution is 2.22. The standard InChI is InChI=1S/C16H23N3/c1-12(2)18-10-15-9-17-11-19(15)14(4)16-8-6-5-7-13(16)3/h5-9,11-12,14,18H,10H2,1-4H3. The van der Waals surface area contributed by atoms with E-state index in [0.29, 0.717) is 12.1 Å². The Bertz CT molecular complexity index is 528. The van der Waals surface area contributed by atoms with Crippen molar-refractivity contribution in [1.82, 2.24) is 14.9 Å². The third kappa shape index (κ3) is 3.24. The first-order valence-electron chi connectivity index (χ1n) is 6.89. The van der Waals surface area contributed by atoms with Crippen molar-refractivity contribution in [1.29, 1.82) is 0 Å². The summed E-state index contributed by atoms with van der Waals surface area (Å²) in [5.74, 6) is 0. The molecule has 0 fully saturated rings. The molecule has 1 unspecified atom stereocenters. The molecule has 0 amide bonds. The largest absolute Gasteiger partial charge is 0.326 e. The lowest BCUT2D eigenvalue weighted by atomic mass is 10.0. The van der Waals surface area contributed by atoms with Crippen LogP contribution in [-0.4, -0.2) is 15.6 Å². The average Bonchev–Trinajstić information content (AvgIpc) is 2.84. The van der Waals surface area contributed by atoms with Gasteiger partial charge in [-0.1, -0.05) is 38.1 Å². The molecule has 3 nitrogen and oxygen atoms in total. The molecule has 1 atom stereocenters. The predicted molar refractivity (Wildman–Crippen MR) is 79.2 cm³/mol. The number of hydrogen-bond donors (Lipinski definition) is 1. The van der Waals surface area contributed by atoms with Crippen LogP contribution < -0.4 is 5.32 Å². The molecule has 19 heavy (non-hydrogen) atoms. The van der Waals surface area contributed by atoms with E-state index in [0.717, 1.165) is 6.54 Å². The molecule has 102 valence electrons. The second-order valence-corrected chi connectivity index (χ2v) is 5.36. The minimum atomic E-state index is 0.313. The molecular formula is C16H23N3. The molecular weight excluding hydrogens is 234 g/mol. The maximum Gasteiger partial charge on any atom is 0.0954 e. The minimum absolute atomic E-state index is 0.313. The van der Waals surface area contributed by atoms with Gasteiger partial charge in [0.25, 0.3) is 0 Å². The molecule has 1 N–H and O–H groups in total. The van der Waals surface area contributed by atoms with Crippen LogP contribution in [0.5, 0.6) is 0 Å². The van der Waals surface area contributed by atoms with Crippen molar-refractivity contribution in [2.45, 2.75) is 46.3 Å². The van der Waals surface area contributed by atoms with Gasteiger partial charge in [-0.2, -0.15) is 0 Å². The molecule has 0 saturated carbocycles. The molecule has 0 spiro atoms. The predicted octanol–water partition coefficient (Wildman–Crippen LogP) is 3.30. The Kier molecular flexibility index (Phi) is 4.38. The van der Waals surface area contributed by atoms with E-state index in [1.54, 1.807) is 0 Å². The minimum Gasteiger partial charge on any atom is -0.326 e. The summed E-state index contributed by atoms with van der Waals surface area (Å²) in [7, 11) is 0. The maximum absolute atomic E-state index is 4.30. The van der Waals surface area contributed by atoms with Crippen molar-refractivity contribution >= 4 is 0 Å². The summed E-state index contributed by atoms with van der Waals surface area (Å²) in [6.07, 6.45) is 3.87. The summed E-state index contributed by atoms with van der Waals surface area (Å²) in [5, 5.41) is 3.45. The van der Waals surface area contributed by atoms with Gasteiger partial charge in [-0.3, -0.25) is 0 Å². The monoisotopic (exact) mass is 257 g/mol. The van der Waals surface area contributed by atoms with Crippen LogP contribution in [0.2, 0.25) is 0 Å². The van der Waals surface area contributed by atoms with E-state index < -0.39 is 0 Å². The van der Waals surface area contributed by atoms with Crippen molar-refractivity contribution in [3.05, 3.63) is 53.6 Å². The van der Waals surface area contributed by atoms with Crippen molar-refractivity contribution < 1.29 is 0 Å². The second kappa shape index (κ2) is 6.02. The third-order valence-electron chi connectivity index (χ3n) is 3.49. The lowest BCUT2D eigenvalue weighted by Gasteiger charge is -2.19. The molecule has 0 aliphatic rings. The van der Waals surface area contributed by atoms with Gasteiger partial charge in [0.15, 0.2) is 0 Å². The van der Waals surface area contributed by atoms with E-state index in [2.05, 4.69) is 66.8 Å². The molecule has 3 heteroatoms.